The standard InChI is InChI=1S/C7H8F3N2/c1-3-12-6(7(8,9)10)5(2)4-11-12/h3H2,1-2H3. The zero-order valence-corrected chi connectivity index (χ0v) is 6.74. The molecule has 1 rings (SSSR count). The highest BCUT2D eigenvalue weighted by Gasteiger charge is 2.36. The van der Waals surface area contributed by atoms with Gasteiger partial charge in [-0.25, -0.2) is 0 Å². The second kappa shape index (κ2) is 2.80. The van der Waals surface area contributed by atoms with E-state index < -0.39 is 11.9 Å². The van der Waals surface area contributed by atoms with Gasteiger partial charge in [0, 0.05) is 12.1 Å². The Bertz CT molecular complexity index is 275. The lowest BCUT2D eigenvalue weighted by molar-refractivity contribution is -0.144. The Labute approximate surface area is 68.0 Å². The van der Waals surface area contributed by atoms with E-state index >= 15 is 0 Å². The molecule has 2 nitrogen and oxygen atoms in total. The van der Waals surface area contributed by atoms with Crippen LogP contribution in [0.4, 0.5) is 13.2 Å². The molecule has 5 heteroatoms. The number of hydrogen-bond acceptors (Lipinski definition) is 1. The summed E-state index contributed by atoms with van der Waals surface area (Å²) in [7, 11) is 0. The van der Waals surface area contributed by atoms with Gasteiger partial charge in [0.2, 0.25) is 0 Å². The van der Waals surface area contributed by atoms with Crippen molar-refractivity contribution in [1.29, 1.82) is 0 Å². The molecular formula is C7H8F3N2. The van der Waals surface area contributed by atoms with Crippen molar-refractivity contribution in [3.8, 4) is 0 Å². The summed E-state index contributed by atoms with van der Waals surface area (Å²) < 4.78 is 37.6. The quantitative estimate of drug-likeness (QED) is 0.641. The molecule has 0 fully saturated rings. The lowest BCUT2D eigenvalue weighted by Gasteiger charge is -2.09. The molecule has 0 N–H and O–H groups in total. The fourth-order valence-corrected chi connectivity index (χ4v) is 1.02. The maximum absolute atomic E-state index is 12.2. The minimum absolute atomic E-state index is 0.0457. The van der Waals surface area contributed by atoms with Crippen molar-refractivity contribution in [3.05, 3.63) is 17.5 Å². The third kappa shape index (κ3) is 1.44. The van der Waals surface area contributed by atoms with Crippen LogP contribution in [0.1, 0.15) is 18.2 Å². The molecule has 0 bridgehead atoms. The molecule has 0 aliphatic heterocycles. The number of halogens is 3. The maximum atomic E-state index is 12.2. The van der Waals surface area contributed by atoms with E-state index in [2.05, 4.69) is 11.3 Å². The van der Waals surface area contributed by atoms with Crippen molar-refractivity contribution in [2.24, 2.45) is 0 Å². The number of aromatic nitrogens is 2. The molecule has 0 aliphatic carbocycles. The van der Waals surface area contributed by atoms with Crippen LogP contribution in [0.25, 0.3) is 0 Å². The van der Waals surface area contributed by atoms with Gasteiger partial charge in [0.1, 0.15) is 11.9 Å². The van der Waals surface area contributed by atoms with Crippen LogP contribution in [0.15, 0.2) is 0 Å². The van der Waals surface area contributed by atoms with Gasteiger partial charge in [-0.1, -0.05) is 0 Å². The Morgan fingerprint density at radius 1 is 1.50 bits per heavy atom. The predicted octanol–water partition coefficient (Wildman–Crippen LogP) is 2.03. The third-order valence-corrected chi connectivity index (χ3v) is 1.52. The summed E-state index contributed by atoms with van der Waals surface area (Å²) in [6.45, 7) is 3.16. The van der Waals surface area contributed by atoms with Gasteiger partial charge in [-0.2, -0.15) is 18.3 Å². The second-order valence-electron chi connectivity index (χ2n) is 2.40. The van der Waals surface area contributed by atoms with Crippen LogP contribution in [0.2, 0.25) is 0 Å². The summed E-state index contributed by atoms with van der Waals surface area (Å²) in [6, 6.07) is 0. The van der Waals surface area contributed by atoms with Crippen molar-refractivity contribution in [1.82, 2.24) is 9.78 Å². The van der Waals surface area contributed by atoms with Gasteiger partial charge < -0.3 is 0 Å². The van der Waals surface area contributed by atoms with Gasteiger partial charge in [0.25, 0.3) is 0 Å². The Kier molecular flexibility index (Phi) is 2.12. The van der Waals surface area contributed by atoms with Gasteiger partial charge in [-0.05, 0) is 13.8 Å². The summed E-state index contributed by atoms with van der Waals surface area (Å²) in [6.07, 6.45) is -2.04. The molecule has 0 saturated heterocycles. The van der Waals surface area contributed by atoms with Gasteiger partial charge in [-0.3, -0.25) is 4.68 Å². The van der Waals surface area contributed by atoms with E-state index in [-0.39, 0.29) is 12.1 Å². The van der Waals surface area contributed by atoms with Gasteiger partial charge in [0.15, 0.2) is 0 Å². The Morgan fingerprint density at radius 2 is 2.08 bits per heavy atom. The van der Waals surface area contributed by atoms with E-state index in [9.17, 15) is 13.2 Å². The summed E-state index contributed by atoms with van der Waals surface area (Å²) in [5.74, 6) is 0. The fraction of sp³-hybridized carbons (Fsp3) is 0.571. The van der Waals surface area contributed by atoms with Crippen LogP contribution >= 0.6 is 0 Å². The molecule has 0 atom stereocenters. The maximum Gasteiger partial charge on any atom is 0.433 e. The van der Waals surface area contributed by atoms with Crippen molar-refractivity contribution < 1.29 is 13.2 Å². The molecule has 1 heterocycles. The van der Waals surface area contributed by atoms with E-state index in [1.807, 2.05) is 0 Å². The van der Waals surface area contributed by atoms with E-state index in [0.29, 0.717) is 0 Å². The summed E-state index contributed by atoms with van der Waals surface area (Å²) in [5.41, 5.74) is -0.658. The number of aryl methyl sites for hydroxylation is 2. The van der Waals surface area contributed by atoms with E-state index in [0.717, 1.165) is 4.68 Å². The number of nitrogens with zero attached hydrogens (tertiary/aromatic N) is 2. The highest BCUT2D eigenvalue weighted by molar-refractivity contribution is 5.17. The van der Waals surface area contributed by atoms with Crippen molar-refractivity contribution in [3.63, 3.8) is 0 Å². The Morgan fingerprint density at radius 3 is 2.42 bits per heavy atom. The topological polar surface area (TPSA) is 17.8 Å². The average Bonchev–Trinajstić information content (AvgIpc) is 2.29. The van der Waals surface area contributed by atoms with Gasteiger partial charge in [0.05, 0.1) is 0 Å². The molecule has 67 valence electrons. The molecule has 0 aliphatic rings. The predicted molar refractivity (Wildman–Crippen MR) is 36.5 cm³/mol. The number of rotatable bonds is 1. The van der Waals surface area contributed by atoms with Crippen LogP contribution < -0.4 is 0 Å². The summed E-state index contributed by atoms with van der Waals surface area (Å²) in [4.78, 5) is 0. The zero-order chi connectivity index (χ0) is 9.35. The molecule has 0 aromatic carbocycles. The van der Waals surface area contributed by atoms with Gasteiger partial charge in [-0.15, -0.1) is 0 Å². The van der Waals surface area contributed by atoms with E-state index in [1.54, 1.807) is 6.92 Å². The first-order valence-corrected chi connectivity index (χ1v) is 3.49. The smallest absolute Gasteiger partial charge is 0.260 e. The fourth-order valence-electron chi connectivity index (χ4n) is 1.02. The van der Waals surface area contributed by atoms with Crippen LogP contribution in [-0.4, -0.2) is 9.78 Å². The van der Waals surface area contributed by atoms with E-state index in [1.165, 1.54) is 6.92 Å². The zero-order valence-electron chi connectivity index (χ0n) is 6.74. The first kappa shape index (κ1) is 9.09. The molecule has 0 saturated carbocycles. The normalized spacial score (nSPS) is 12.1. The minimum Gasteiger partial charge on any atom is -0.260 e. The molecule has 12 heavy (non-hydrogen) atoms. The van der Waals surface area contributed by atoms with Crippen molar-refractivity contribution in [2.45, 2.75) is 26.6 Å². The number of hydrogen-bond donors (Lipinski definition) is 0. The molecule has 1 aromatic heterocycles. The average molecular weight is 177 g/mol. The molecule has 0 unspecified atom stereocenters. The Hall–Kier alpha value is -1.00. The van der Waals surface area contributed by atoms with Crippen LogP contribution in [0, 0.1) is 13.1 Å². The molecular weight excluding hydrogens is 169 g/mol. The SMILES string of the molecule is CCn1n[c]c(C)c1C(F)(F)F. The summed E-state index contributed by atoms with van der Waals surface area (Å²) >= 11 is 0. The summed E-state index contributed by atoms with van der Waals surface area (Å²) in [5, 5.41) is 3.47. The lowest BCUT2D eigenvalue weighted by Crippen LogP contribution is -2.14. The van der Waals surface area contributed by atoms with Crippen molar-refractivity contribution >= 4 is 0 Å². The van der Waals surface area contributed by atoms with Gasteiger partial charge >= 0.3 is 6.18 Å². The van der Waals surface area contributed by atoms with Crippen LogP contribution in [-0.2, 0) is 12.7 Å². The minimum atomic E-state index is -4.33. The molecule has 0 amide bonds. The van der Waals surface area contributed by atoms with E-state index in [4.69, 9.17) is 0 Å². The van der Waals surface area contributed by atoms with Crippen LogP contribution in [0.5, 0.6) is 0 Å². The Balaban J connectivity index is 3.19. The van der Waals surface area contributed by atoms with Crippen LogP contribution in [0.3, 0.4) is 0 Å². The number of alkyl halides is 3. The highest BCUT2D eigenvalue weighted by atomic mass is 19.4. The molecule has 0 spiro atoms. The molecule has 1 aromatic rings. The first-order valence-electron chi connectivity index (χ1n) is 3.49. The van der Waals surface area contributed by atoms with Crippen molar-refractivity contribution in [2.75, 3.05) is 0 Å². The first-order chi connectivity index (χ1) is 5.46. The molecule has 1 radical (unpaired) electrons. The third-order valence-electron chi connectivity index (χ3n) is 1.52. The highest BCUT2D eigenvalue weighted by Crippen LogP contribution is 2.31. The second-order valence-corrected chi connectivity index (χ2v) is 2.40. The lowest BCUT2D eigenvalue weighted by atomic mass is 10.3. The largest absolute Gasteiger partial charge is 0.433 e. The monoisotopic (exact) mass is 177 g/mol.